The number of nitrogens with two attached hydrogens (primary N) is 2. The van der Waals surface area contributed by atoms with E-state index in [1.54, 1.807) is 0 Å². The van der Waals surface area contributed by atoms with Crippen molar-refractivity contribution in [3.05, 3.63) is 10.4 Å². The van der Waals surface area contributed by atoms with Crippen LogP contribution in [-0.4, -0.2) is 11.7 Å². The predicted molar refractivity (Wildman–Crippen MR) is 30.0 cm³/mol. The predicted octanol–water partition coefficient (Wildman–Crippen LogP) is -1.30. The molecule has 0 saturated heterocycles. The van der Waals surface area contributed by atoms with Gasteiger partial charge in [0.15, 0.2) is 11.7 Å². The Morgan fingerprint density at radius 2 is 1.25 bits per heavy atom. The molecule has 0 aromatic carbocycles. The molecule has 0 aliphatic carbocycles. The lowest BCUT2D eigenvalue weighted by Crippen LogP contribution is -2.30. The lowest BCUT2D eigenvalue weighted by Gasteiger charge is -2.01. The molecule has 8 heavy (non-hydrogen) atoms. The second-order valence-electron chi connectivity index (χ2n) is 0.953. The van der Waals surface area contributed by atoms with E-state index < -0.39 is 11.7 Å². The summed E-state index contributed by atoms with van der Waals surface area (Å²) in [5, 5.41) is 23.1. The zero-order valence-electron chi connectivity index (χ0n) is 3.87. The molecule has 0 amide bonds. The smallest absolute Gasteiger partial charge is 0.156 e. The molecule has 0 aromatic rings. The van der Waals surface area contributed by atoms with E-state index in [4.69, 9.17) is 11.5 Å². The first-order valence-electron chi connectivity index (χ1n) is 1.64. The van der Waals surface area contributed by atoms with Gasteiger partial charge in [-0.25, -0.2) is 0 Å². The molecule has 0 heterocycles. The first kappa shape index (κ1) is 6.54. The first-order chi connectivity index (χ1) is 3.72. The van der Waals surface area contributed by atoms with Gasteiger partial charge in [0.2, 0.25) is 0 Å². The summed E-state index contributed by atoms with van der Waals surface area (Å²) in [6, 6.07) is 0. The van der Waals surface area contributed by atoms with Crippen molar-refractivity contribution in [3.8, 4) is 0 Å². The lowest BCUT2D eigenvalue weighted by atomic mass is 10.6. The summed E-state index contributed by atoms with van der Waals surface area (Å²) < 4.78 is 0. The summed E-state index contributed by atoms with van der Waals surface area (Å²) in [5.41, 5.74) is 9.42. The van der Waals surface area contributed by atoms with Crippen molar-refractivity contribution >= 4 is 11.7 Å². The standard InChI is InChI=1S/C2H6N4O2/c3-1(5-7)2(4)6-8/h7-8H,(H2,3,5)(H2,4,6)/p-2. The van der Waals surface area contributed by atoms with Gasteiger partial charge >= 0.3 is 0 Å². The van der Waals surface area contributed by atoms with Crippen LogP contribution in [0.1, 0.15) is 0 Å². The summed E-state index contributed by atoms with van der Waals surface area (Å²) in [5.74, 6) is -1.17. The number of amidine groups is 2. The van der Waals surface area contributed by atoms with Crippen LogP contribution >= 0.6 is 0 Å². The Balaban J connectivity index is 4.04. The van der Waals surface area contributed by atoms with Crippen LogP contribution in [0, 0.1) is 10.4 Å². The van der Waals surface area contributed by atoms with Crippen molar-refractivity contribution in [1.82, 2.24) is 0 Å². The van der Waals surface area contributed by atoms with Crippen molar-refractivity contribution in [2.45, 2.75) is 0 Å². The van der Waals surface area contributed by atoms with Crippen LogP contribution in [0.4, 0.5) is 0 Å². The molecule has 6 heteroatoms. The molecule has 0 aliphatic rings. The number of hydrogen-bond acceptors (Lipinski definition) is 4. The molecule has 0 radical (unpaired) electrons. The molecule has 46 valence electrons. The van der Waals surface area contributed by atoms with Gasteiger partial charge in [0.25, 0.3) is 0 Å². The second kappa shape index (κ2) is 2.67. The van der Waals surface area contributed by atoms with Gasteiger partial charge in [-0.3, -0.25) is 0 Å². The number of nitrogens with zero attached hydrogens (tertiary/aromatic N) is 2. The molecular weight excluding hydrogens is 112 g/mol. The maximum absolute atomic E-state index is 9.39. The summed E-state index contributed by atoms with van der Waals surface area (Å²) in [6.07, 6.45) is 0. The van der Waals surface area contributed by atoms with Crippen LogP contribution in [0.3, 0.4) is 0 Å². The van der Waals surface area contributed by atoms with E-state index in [0.29, 0.717) is 0 Å². The molecule has 0 spiro atoms. The number of rotatable bonds is 0. The van der Waals surface area contributed by atoms with E-state index in [-0.39, 0.29) is 0 Å². The molecule has 0 saturated carbocycles. The molecule has 6 nitrogen and oxygen atoms in total. The van der Waals surface area contributed by atoms with Crippen LogP contribution in [0.25, 0.3) is 0 Å². The Morgan fingerprint density at radius 1 is 1.00 bits per heavy atom. The van der Waals surface area contributed by atoms with Gasteiger partial charge in [-0.05, 0) is 0 Å². The van der Waals surface area contributed by atoms with Crippen LogP contribution in [0.2, 0.25) is 0 Å². The highest BCUT2D eigenvalue weighted by molar-refractivity contribution is 6.39. The molecule has 0 aliphatic heterocycles. The van der Waals surface area contributed by atoms with Gasteiger partial charge in [0.05, 0.1) is 0 Å². The lowest BCUT2D eigenvalue weighted by molar-refractivity contribution is 1.49. The first-order valence-corrected chi connectivity index (χ1v) is 1.64. The average molecular weight is 116 g/mol. The van der Waals surface area contributed by atoms with Crippen LogP contribution < -0.4 is 11.5 Å². The van der Waals surface area contributed by atoms with Crippen molar-refractivity contribution < 1.29 is 0 Å². The molecule has 0 rings (SSSR count). The fourth-order valence-electron chi connectivity index (χ4n) is 0.0935. The van der Waals surface area contributed by atoms with E-state index in [1.807, 2.05) is 0 Å². The molecule has 0 aromatic heterocycles. The molecule has 0 fully saturated rings. The van der Waals surface area contributed by atoms with E-state index in [9.17, 15) is 10.4 Å². The highest BCUT2D eigenvalue weighted by atomic mass is 16.4. The normalized spacial score (nSPS) is 14.0. The Kier molecular flexibility index (Phi) is 2.18. The monoisotopic (exact) mass is 116 g/mol. The van der Waals surface area contributed by atoms with Gasteiger partial charge < -0.3 is 32.2 Å². The molecule has 0 atom stereocenters. The second-order valence-corrected chi connectivity index (χ2v) is 0.953. The Labute approximate surface area is 45.1 Å². The fourth-order valence-corrected chi connectivity index (χ4v) is 0.0935. The topological polar surface area (TPSA) is 123 Å². The minimum absolute atomic E-state index is 0.583. The SMILES string of the molecule is NC(=N[O-])C(N)=N[O-]. The van der Waals surface area contributed by atoms with Crippen LogP contribution in [0.5, 0.6) is 0 Å². The van der Waals surface area contributed by atoms with Crippen molar-refractivity contribution in [1.29, 1.82) is 0 Å². The van der Waals surface area contributed by atoms with Gasteiger partial charge in [0.1, 0.15) is 0 Å². The molecule has 0 unspecified atom stereocenters. The van der Waals surface area contributed by atoms with Crippen molar-refractivity contribution in [3.63, 3.8) is 0 Å². The van der Waals surface area contributed by atoms with E-state index >= 15 is 0 Å². The van der Waals surface area contributed by atoms with E-state index in [2.05, 4.69) is 10.3 Å². The Bertz CT molecular complexity index is 112. The van der Waals surface area contributed by atoms with E-state index in [1.165, 1.54) is 0 Å². The summed E-state index contributed by atoms with van der Waals surface area (Å²) >= 11 is 0. The summed E-state index contributed by atoms with van der Waals surface area (Å²) in [7, 11) is 0. The van der Waals surface area contributed by atoms with Crippen LogP contribution in [-0.2, 0) is 0 Å². The van der Waals surface area contributed by atoms with Gasteiger partial charge in [0, 0.05) is 0 Å². The highest BCUT2D eigenvalue weighted by Gasteiger charge is 1.88. The average Bonchev–Trinajstić information content (AvgIpc) is 1.84. The quantitative estimate of drug-likeness (QED) is 0.232. The van der Waals surface area contributed by atoms with Gasteiger partial charge in [-0.15, -0.1) is 0 Å². The van der Waals surface area contributed by atoms with Crippen molar-refractivity contribution in [2.75, 3.05) is 0 Å². The van der Waals surface area contributed by atoms with Crippen molar-refractivity contribution in [2.24, 2.45) is 21.8 Å². The van der Waals surface area contributed by atoms with Crippen LogP contribution in [0.15, 0.2) is 10.3 Å². The third kappa shape index (κ3) is 1.33. The minimum Gasteiger partial charge on any atom is -0.790 e. The molecular formula is C2H4N4O2-2. The number of hydrogen-bond donors (Lipinski definition) is 2. The van der Waals surface area contributed by atoms with Gasteiger partial charge in [-0.1, -0.05) is 0 Å². The highest BCUT2D eigenvalue weighted by Crippen LogP contribution is 1.67. The maximum atomic E-state index is 9.39. The maximum Gasteiger partial charge on any atom is 0.156 e. The Hall–Kier alpha value is -1.46. The zero-order valence-corrected chi connectivity index (χ0v) is 3.87. The molecule has 4 N–H and O–H groups in total. The van der Waals surface area contributed by atoms with E-state index in [0.717, 1.165) is 0 Å². The largest absolute Gasteiger partial charge is 0.790 e. The summed E-state index contributed by atoms with van der Waals surface area (Å²) in [4.78, 5) is 0. The Morgan fingerprint density at radius 3 is 1.38 bits per heavy atom. The summed E-state index contributed by atoms with van der Waals surface area (Å²) in [6.45, 7) is 0. The fraction of sp³-hybridized carbons (Fsp3) is 0. The zero-order chi connectivity index (χ0) is 6.57. The minimum atomic E-state index is -0.583. The molecule has 0 bridgehead atoms. The third-order valence-corrected chi connectivity index (χ3v) is 0.459. The third-order valence-electron chi connectivity index (χ3n) is 0.459. The van der Waals surface area contributed by atoms with Gasteiger partial charge in [-0.2, -0.15) is 0 Å².